The summed E-state index contributed by atoms with van der Waals surface area (Å²) in [7, 11) is 1.45. The number of aliphatic hydroxyl groups is 2. The number of amides is 2. The van der Waals surface area contributed by atoms with Crippen LogP contribution in [0.5, 0.6) is 0 Å². The van der Waals surface area contributed by atoms with E-state index < -0.39 is 131 Å². The molecule has 1 heterocycles. The van der Waals surface area contributed by atoms with Crippen LogP contribution in [-0.2, 0) is 58.9 Å². The summed E-state index contributed by atoms with van der Waals surface area (Å²) in [6.07, 6.45) is -6.12. The van der Waals surface area contributed by atoms with E-state index >= 15 is 9.59 Å². The van der Waals surface area contributed by atoms with Crippen molar-refractivity contribution < 1.29 is 76.9 Å². The van der Waals surface area contributed by atoms with Crippen molar-refractivity contribution in [3.63, 3.8) is 0 Å². The third-order valence-corrected chi connectivity index (χ3v) is 16.4. The molecule has 0 radical (unpaired) electrons. The van der Waals surface area contributed by atoms with Crippen molar-refractivity contribution in [2.24, 2.45) is 28.6 Å². The van der Waals surface area contributed by atoms with Crippen LogP contribution in [0.4, 0.5) is 9.59 Å². The van der Waals surface area contributed by atoms with E-state index in [1.807, 2.05) is 30.3 Å². The van der Waals surface area contributed by atoms with Gasteiger partial charge in [0, 0.05) is 69.1 Å². The van der Waals surface area contributed by atoms with Crippen LogP contribution in [0.1, 0.15) is 128 Å². The molecule has 0 aromatic heterocycles. The molecule has 2 saturated carbocycles. The second kappa shape index (κ2) is 24.3. The van der Waals surface area contributed by atoms with Crippen molar-refractivity contribution in [1.82, 2.24) is 10.6 Å². The number of rotatable bonds is 20. The highest BCUT2D eigenvalue weighted by Crippen LogP contribution is 2.67. The summed E-state index contributed by atoms with van der Waals surface area (Å²) in [5.41, 5.74) is -5.66. The minimum absolute atomic E-state index is 0.105. The lowest BCUT2D eigenvalue weighted by molar-refractivity contribution is -0.341. The van der Waals surface area contributed by atoms with Gasteiger partial charge in [0.05, 0.1) is 36.3 Å². The summed E-state index contributed by atoms with van der Waals surface area (Å²) in [6, 6.07) is 24.6. The number of hydrogen-bond donors (Lipinski definition) is 4. The smallest absolute Gasteiger partial charge is 0.408 e. The molecule has 3 aromatic carbocycles. The number of nitrogens with one attached hydrogen (secondary N) is 2. The first-order valence-electron chi connectivity index (χ1n) is 26.8. The van der Waals surface area contributed by atoms with E-state index in [1.54, 1.807) is 109 Å². The van der Waals surface area contributed by atoms with Crippen LogP contribution < -0.4 is 10.6 Å². The normalized spacial score (nSPS) is 27.9. The number of aliphatic hydroxyl groups excluding tert-OH is 1. The highest BCUT2D eigenvalue weighted by atomic mass is 16.6. The van der Waals surface area contributed by atoms with Crippen LogP contribution in [0.2, 0.25) is 0 Å². The molecule has 18 nitrogen and oxygen atoms in total. The van der Waals surface area contributed by atoms with E-state index in [9.17, 15) is 34.2 Å². The van der Waals surface area contributed by atoms with Gasteiger partial charge in [0.1, 0.15) is 30.5 Å². The number of unbranched alkanes of at least 4 members (excludes halogenated alkanes) is 2. The van der Waals surface area contributed by atoms with Gasteiger partial charge in [-0.15, -0.1) is 0 Å². The first-order valence-corrected chi connectivity index (χ1v) is 26.8. The van der Waals surface area contributed by atoms with Gasteiger partial charge < -0.3 is 54.0 Å². The molecule has 0 unspecified atom stereocenters. The van der Waals surface area contributed by atoms with Gasteiger partial charge in [0.2, 0.25) is 6.10 Å². The molecule has 78 heavy (non-hydrogen) atoms. The quantitative estimate of drug-likeness (QED) is 0.0276. The Hall–Kier alpha value is -6.47. The Morgan fingerprint density at radius 1 is 0.872 bits per heavy atom. The molecular weight excluding hydrogens is 1000 g/mol. The van der Waals surface area contributed by atoms with Gasteiger partial charge in [-0.1, -0.05) is 111 Å². The maximum atomic E-state index is 15.9. The highest BCUT2D eigenvalue weighted by Gasteiger charge is 2.77. The van der Waals surface area contributed by atoms with Gasteiger partial charge in [-0.25, -0.2) is 14.4 Å². The number of ether oxygens (including phenoxy) is 7. The Morgan fingerprint density at radius 3 is 2.10 bits per heavy atom. The van der Waals surface area contributed by atoms with Crippen molar-refractivity contribution in [3.05, 3.63) is 119 Å². The van der Waals surface area contributed by atoms with Gasteiger partial charge in [0.15, 0.2) is 17.2 Å². The van der Waals surface area contributed by atoms with Gasteiger partial charge in [0.25, 0.3) is 0 Å². The van der Waals surface area contributed by atoms with Gasteiger partial charge in [-0.05, 0) is 69.7 Å². The first-order chi connectivity index (χ1) is 36.9. The molecule has 18 heteroatoms. The third kappa shape index (κ3) is 12.2. The predicted molar refractivity (Wildman–Crippen MR) is 283 cm³/mol. The number of fused-ring (bicyclic) bond motifs is 5. The molecule has 3 fully saturated rings. The van der Waals surface area contributed by atoms with Crippen molar-refractivity contribution in [2.75, 3.05) is 26.9 Å². The van der Waals surface area contributed by atoms with E-state index in [0.29, 0.717) is 29.5 Å². The molecule has 4 N–H and O–H groups in total. The summed E-state index contributed by atoms with van der Waals surface area (Å²) in [5, 5.41) is 31.1. The zero-order valence-electron chi connectivity index (χ0n) is 46.2. The highest BCUT2D eigenvalue weighted by molar-refractivity contribution is 5.97. The lowest BCUT2D eigenvalue weighted by atomic mass is 9.41. The lowest BCUT2D eigenvalue weighted by Crippen LogP contribution is -2.80. The Bertz CT molecular complexity index is 2690. The Balaban J connectivity index is 1.26. The fraction of sp³-hybridized carbons (Fsp3) is 0.550. The number of methoxy groups -OCH3 is 1. The standard InChI is InChI=1S/C60H76N2O16/c1-36-44(75-53(68)50(49(40-26-18-12-19-27-40)62-55(70)78-56(3,4)5)76-47(66)28-20-13-21-29-61-54(69)73-34-38-22-14-10-15-23-38)32-60(71)42(30-43(65)39-24-16-11-17-25-39)51-58(8,52(67)41(33-63)48(36)57(60,6)7)45(72-9)31-46-59(51,35-74-46)77-37(2)64/h10-12,14-19,22-27,41-42,44-46,49-51,63,71H,13,20-21,28-35H2,1-9H3,(H,61,69)(H,62,70)/t41-,42+,44+,45+,46-,49+,50-,51+,58-,59+,60-/m1/s1. The van der Waals surface area contributed by atoms with Gasteiger partial charge in [-0.2, -0.15) is 0 Å². The molecule has 11 atom stereocenters. The van der Waals surface area contributed by atoms with Crippen molar-refractivity contribution in [3.8, 4) is 0 Å². The average molecular weight is 1080 g/mol. The monoisotopic (exact) mass is 1080 g/mol. The first kappa shape index (κ1) is 59.2. The van der Waals surface area contributed by atoms with Crippen molar-refractivity contribution in [1.29, 1.82) is 0 Å². The zero-order valence-corrected chi connectivity index (χ0v) is 46.2. The second-order valence-corrected chi connectivity index (χ2v) is 22.8. The van der Waals surface area contributed by atoms with E-state index in [4.69, 9.17) is 33.2 Å². The number of alkyl carbamates (subject to hydrolysis) is 2. The van der Waals surface area contributed by atoms with E-state index in [2.05, 4.69) is 10.6 Å². The lowest BCUT2D eigenvalue weighted by Gasteiger charge is -2.69. The number of carbonyl (C=O) groups excluding carboxylic acids is 7. The summed E-state index contributed by atoms with van der Waals surface area (Å²) < 4.78 is 42.1. The summed E-state index contributed by atoms with van der Waals surface area (Å²) in [5.74, 6) is -7.29. The van der Waals surface area contributed by atoms with Crippen LogP contribution in [0.25, 0.3) is 0 Å². The summed E-state index contributed by atoms with van der Waals surface area (Å²) >= 11 is 0. The predicted octanol–water partition coefficient (Wildman–Crippen LogP) is 7.86. The average Bonchev–Trinajstić information content (AvgIpc) is 1.57. The number of benzene rings is 3. The number of Topliss-reactive ketones (excluding diaryl/α,β-unsaturated/α-hetero) is 2. The van der Waals surface area contributed by atoms with E-state index in [0.717, 1.165) is 5.56 Å². The number of hydrogen-bond acceptors (Lipinski definition) is 16. The van der Waals surface area contributed by atoms with Gasteiger partial charge in [-0.3, -0.25) is 19.2 Å². The molecule has 7 rings (SSSR count). The van der Waals surface area contributed by atoms with Crippen LogP contribution in [-0.4, -0.2) is 120 Å². The minimum Gasteiger partial charge on any atom is -0.455 e. The SMILES string of the molecule is CO[C@H]1C[C@H]2OC[C@@]2(OC(C)=O)[C@H]2[C@H](CC(=O)c3ccccc3)[C@]3(O)C[C@H](OC(=O)[C@H](OC(=O)CCCCCNC(=O)OCc4ccccc4)[C@@H](NC(=O)OC(C)(C)C)c4ccccc4)C(C)=C([C@@H](CO)C(=O)[C@]12C)C3(C)C. The van der Waals surface area contributed by atoms with Gasteiger partial charge >= 0.3 is 30.1 Å². The fourth-order valence-electron chi connectivity index (χ4n) is 12.8. The molecule has 0 spiro atoms. The molecular formula is C60H76N2O16. The maximum absolute atomic E-state index is 15.9. The number of ketones is 2. The second-order valence-electron chi connectivity index (χ2n) is 22.8. The minimum atomic E-state index is -2.12. The Labute approximate surface area is 456 Å². The van der Waals surface area contributed by atoms with Crippen molar-refractivity contribution >= 4 is 41.7 Å². The topological polar surface area (TPSA) is 249 Å². The summed E-state index contributed by atoms with van der Waals surface area (Å²) in [6.45, 7) is 12.5. The molecule has 3 aliphatic carbocycles. The molecule has 422 valence electrons. The Kier molecular flexibility index (Phi) is 18.4. The molecule has 1 aliphatic heterocycles. The zero-order chi connectivity index (χ0) is 56.8. The molecule has 3 aromatic rings. The summed E-state index contributed by atoms with van der Waals surface area (Å²) in [4.78, 5) is 99.3. The molecule has 2 bridgehead atoms. The van der Waals surface area contributed by atoms with Crippen LogP contribution >= 0.6 is 0 Å². The van der Waals surface area contributed by atoms with Crippen LogP contribution in [0, 0.1) is 28.6 Å². The van der Waals surface area contributed by atoms with E-state index in [-0.39, 0.29) is 51.0 Å². The largest absolute Gasteiger partial charge is 0.455 e. The van der Waals surface area contributed by atoms with Crippen LogP contribution in [0.15, 0.2) is 102 Å². The maximum Gasteiger partial charge on any atom is 0.408 e. The molecule has 4 aliphatic rings. The molecule has 2 amide bonds. The van der Waals surface area contributed by atoms with Crippen LogP contribution in [0.3, 0.4) is 0 Å². The third-order valence-electron chi connectivity index (χ3n) is 16.4. The van der Waals surface area contributed by atoms with E-state index in [1.165, 1.54) is 14.0 Å². The van der Waals surface area contributed by atoms with Crippen molar-refractivity contribution in [2.45, 2.75) is 154 Å². The number of carbonyl (C=O) groups is 7. The molecule has 1 saturated heterocycles. The Morgan fingerprint density at radius 2 is 1.51 bits per heavy atom. The number of esters is 3. The fourth-order valence-corrected chi connectivity index (χ4v) is 12.8.